The molecule has 1 saturated heterocycles. The van der Waals surface area contributed by atoms with Gasteiger partial charge in [-0.15, -0.1) is 0 Å². The molecule has 156 valence electrons. The van der Waals surface area contributed by atoms with E-state index in [1.165, 1.54) is 22.5 Å². The minimum Gasteiger partial charge on any atom is -0.325 e. The van der Waals surface area contributed by atoms with Crippen LogP contribution in [-0.2, 0) is 21.0 Å². The van der Waals surface area contributed by atoms with E-state index in [2.05, 4.69) is 5.32 Å². The SMILES string of the molecule is O=C(Nc1ccc(Cl)cc1C(F)(F)F)[C@H]1CCCN(S(=O)(=O)c2ccccc2)C1. The number of anilines is 1. The summed E-state index contributed by atoms with van der Waals surface area (Å²) in [6.07, 6.45) is -3.89. The topological polar surface area (TPSA) is 66.5 Å². The Morgan fingerprint density at radius 2 is 1.83 bits per heavy atom. The van der Waals surface area contributed by atoms with Crippen molar-refractivity contribution in [1.29, 1.82) is 0 Å². The van der Waals surface area contributed by atoms with Crippen molar-refractivity contribution in [3.05, 3.63) is 59.1 Å². The summed E-state index contributed by atoms with van der Waals surface area (Å²) >= 11 is 5.65. The number of piperidine rings is 1. The van der Waals surface area contributed by atoms with Crippen molar-refractivity contribution in [1.82, 2.24) is 4.31 Å². The zero-order valence-electron chi connectivity index (χ0n) is 15.1. The first-order valence-corrected chi connectivity index (χ1v) is 10.6. The molecule has 1 heterocycles. The van der Waals surface area contributed by atoms with Crippen LogP contribution in [0.15, 0.2) is 53.4 Å². The molecular weight excluding hydrogens is 429 g/mol. The van der Waals surface area contributed by atoms with Gasteiger partial charge >= 0.3 is 6.18 Å². The van der Waals surface area contributed by atoms with Crippen LogP contribution in [0, 0.1) is 5.92 Å². The quantitative estimate of drug-likeness (QED) is 0.757. The molecule has 0 unspecified atom stereocenters. The van der Waals surface area contributed by atoms with E-state index in [0.717, 1.165) is 12.1 Å². The molecule has 0 aromatic heterocycles. The third-order valence-electron chi connectivity index (χ3n) is 4.68. The van der Waals surface area contributed by atoms with Crippen molar-refractivity contribution in [2.45, 2.75) is 23.9 Å². The van der Waals surface area contributed by atoms with Gasteiger partial charge in [-0.2, -0.15) is 17.5 Å². The molecule has 5 nitrogen and oxygen atoms in total. The first-order chi connectivity index (χ1) is 13.6. The van der Waals surface area contributed by atoms with E-state index in [0.29, 0.717) is 12.8 Å². The lowest BCUT2D eigenvalue weighted by Gasteiger charge is -2.31. The fourth-order valence-corrected chi connectivity index (χ4v) is 4.93. The third kappa shape index (κ3) is 4.91. The van der Waals surface area contributed by atoms with Crippen LogP contribution in [0.5, 0.6) is 0 Å². The van der Waals surface area contributed by atoms with Gasteiger partial charge in [0.05, 0.1) is 22.1 Å². The number of hydrogen-bond acceptors (Lipinski definition) is 3. The number of amides is 1. The highest BCUT2D eigenvalue weighted by Crippen LogP contribution is 2.37. The van der Waals surface area contributed by atoms with Crippen molar-refractivity contribution in [3.8, 4) is 0 Å². The molecular formula is C19H18ClF3N2O3S. The van der Waals surface area contributed by atoms with Crippen LogP contribution in [0.2, 0.25) is 5.02 Å². The number of nitrogens with one attached hydrogen (secondary N) is 1. The summed E-state index contributed by atoms with van der Waals surface area (Å²) < 4.78 is 66.4. The fourth-order valence-electron chi connectivity index (χ4n) is 3.21. The highest BCUT2D eigenvalue weighted by atomic mass is 35.5. The second-order valence-electron chi connectivity index (χ2n) is 6.69. The standard InChI is InChI=1S/C19H18ClF3N2O3S/c20-14-8-9-17(16(11-14)19(21,22)23)24-18(26)13-5-4-10-25(12-13)29(27,28)15-6-2-1-3-7-15/h1-3,6-9,11,13H,4-5,10,12H2,(H,24,26)/t13-/m0/s1. The van der Waals surface area contributed by atoms with Crippen LogP contribution in [-0.4, -0.2) is 31.7 Å². The highest BCUT2D eigenvalue weighted by molar-refractivity contribution is 7.89. The van der Waals surface area contributed by atoms with Crippen LogP contribution in [0.4, 0.5) is 18.9 Å². The van der Waals surface area contributed by atoms with Crippen LogP contribution in [0.1, 0.15) is 18.4 Å². The summed E-state index contributed by atoms with van der Waals surface area (Å²) in [5, 5.41) is 2.18. The molecule has 3 rings (SSSR count). The number of rotatable bonds is 4. The Labute approximate surface area is 171 Å². The van der Waals surface area contributed by atoms with Gasteiger partial charge in [0.15, 0.2) is 0 Å². The molecule has 10 heteroatoms. The second kappa shape index (κ2) is 8.33. The number of carbonyl (C=O) groups is 1. The molecule has 0 bridgehead atoms. The zero-order valence-corrected chi connectivity index (χ0v) is 16.7. The van der Waals surface area contributed by atoms with Crippen molar-refractivity contribution >= 4 is 33.2 Å². The molecule has 0 spiro atoms. The van der Waals surface area contributed by atoms with Gasteiger partial charge in [0.1, 0.15) is 0 Å². The summed E-state index contributed by atoms with van der Waals surface area (Å²) in [5.74, 6) is -1.43. The lowest BCUT2D eigenvalue weighted by atomic mass is 9.98. The molecule has 1 aliphatic rings. The second-order valence-corrected chi connectivity index (χ2v) is 9.07. The van der Waals surface area contributed by atoms with Gasteiger partial charge in [-0.1, -0.05) is 29.8 Å². The van der Waals surface area contributed by atoms with Crippen LogP contribution in [0.3, 0.4) is 0 Å². The minimum atomic E-state index is -4.69. The Morgan fingerprint density at radius 3 is 2.48 bits per heavy atom. The Kier molecular flexibility index (Phi) is 6.21. The maximum atomic E-state index is 13.2. The number of carbonyl (C=O) groups excluding carboxylic acids is 1. The molecule has 2 aromatic carbocycles. The molecule has 1 N–H and O–H groups in total. The Balaban J connectivity index is 1.78. The summed E-state index contributed by atoms with van der Waals surface area (Å²) in [6, 6.07) is 10.9. The Morgan fingerprint density at radius 1 is 1.14 bits per heavy atom. The molecule has 1 aliphatic heterocycles. The van der Waals surface area contributed by atoms with Crippen molar-refractivity contribution in [3.63, 3.8) is 0 Å². The smallest absolute Gasteiger partial charge is 0.325 e. The summed E-state index contributed by atoms with van der Waals surface area (Å²) in [4.78, 5) is 12.7. The van der Waals surface area contributed by atoms with Gasteiger partial charge in [-0.05, 0) is 43.2 Å². The predicted octanol–water partition coefficient (Wildman–Crippen LogP) is 4.40. The van der Waals surface area contributed by atoms with E-state index in [9.17, 15) is 26.4 Å². The number of alkyl halides is 3. The molecule has 0 radical (unpaired) electrons. The number of sulfonamides is 1. The van der Waals surface area contributed by atoms with Crippen LogP contribution >= 0.6 is 11.6 Å². The highest BCUT2D eigenvalue weighted by Gasteiger charge is 2.36. The van der Waals surface area contributed by atoms with Crippen LogP contribution < -0.4 is 5.32 Å². The monoisotopic (exact) mass is 446 g/mol. The van der Waals surface area contributed by atoms with Crippen molar-refractivity contribution in [2.75, 3.05) is 18.4 Å². The Bertz CT molecular complexity index is 998. The van der Waals surface area contributed by atoms with E-state index in [1.807, 2.05) is 0 Å². The first kappa shape index (κ1) is 21.6. The minimum absolute atomic E-state index is 0.0992. The summed E-state index contributed by atoms with van der Waals surface area (Å²) in [7, 11) is -3.78. The molecule has 0 aliphatic carbocycles. The average molecular weight is 447 g/mol. The number of benzene rings is 2. The van der Waals surface area contributed by atoms with Crippen LogP contribution in [0.25, 0.3) is 0 Å². The van der Waals surface area contributed by atoms with E-state index < -0.39 is 39.3 Å². The maximum Gasteiger partial charge on any atom is 0.418 e. The summed E-state index contributed by atoms with van der Waals surface area (Å²) in [5.41, 5.74) is -1.46. The Hall–Kier alpha value is -2.10. The van der Waals surface area contributed by atoms with Gasteiger partial charge in [0, 0.05) is 18.1 Å². The van der Waals surface area contributed by atoms with Gasteiger partial charge in [-0.25, -0.2) is 8.42 Å². The zero-order chi connectivity index (χ0) is 21.2. The third-order valence-corrected chi connectivity index (χ3v) is 6.80. The van der Waals surface area contributed by atoms with E-state index in [4.69, 9.17) is 11.6 Å². The molecule has 29 heavy (non-hydrogen) atoms. The van der Waals surface area contributed by atoms with Crippen molar-refractivity contribution in [2.24, 2.45) is 5.92 Å². The lowest BCUT2D eigenvalue weighted by Crippen LogP contribution is -2.43. The predicted molar refractivity (Wildman–Crippen MR) is 103 cm³/mol. The van der Waals surface area contributed by atoms with E-state index in [-0.39, 0.29) is 23.0 Å². The number of halogens is 4. The molecule has 1 fully saturated rings. The first-order valence-electron chi connectivity index (χ1n) is 8.82. The normalized spacial score (nSPS) is 18.4. The maximum absolute atomic E-state index is 13.2. The molecule has 0 saturated carbocycles. The van der Waals surface area contributed by atoms with Gasteiger partial charge < -0.3 is 5.32 Å². The fraction of sp³-hybridized carbons (Fsp3) is 0.316. The number of hydrogen-bond donors (Lipinski definition) is 1. The number of nitrogens with zero attached hydrogens (tertiary/aromatic N) is 1. The summed E-state index contributed by atoms with van der Waals surface area (Å²) in [6.45, 7) is 0.147. The molecule has 1 amide bonds. The average Bonchev–Trinajstić information content (AvgIpc) is 2.69. The van der Waals surface area contributed by atoms with E-state index >= 15 is 0 Å². The largest absolute Gasteiger partial charge is 0.418 e. The molecule has 2 aromatic rings. The van der Waals surface area contributed by atoms with Gasteiger partial charge in [0.25, 0.3) is 0 Å². The van der Waals surface area contributed by atoms with Gasteiger partial charge in [-0.3, -0.25) is 4.79 Å². The van der Waals surface area contributed by atoms with Crippen molar-refractivity contribution < 1.29 is 26.4 Å². The van der Waals surface area contributed by atoms with Gasteiger partial charge in [0.2, 0.25) is 15.9 Å². The van der Waals surface area contributed by atoms with E-state index in [1.54, 1.807) is 18.2 Å². The lowest BCUT2D eigenvalue weighted by molar-refractivity contribution is -0.137. The molecule has 1 atom stereocenters.